The molecule has 2 amide bonds. The van der Waals surface area contributed by atoms with E-state index in [9.17, 15) is 4.79 Å². The molecule has 0 saturated carbocycles. The highest BCUT2D eigenvalue weighted by molar-refractivity contribution is 5.88. The third kappa shape index (κ3) is 4.25. The Hall–Kier alpha value is -3.32. The summed E-state index contributed by atoms with van der Waals surface area (Å²) in [5.41, 5.74) is 8.66. The van der Waals surface area contributed by atoms with E-state index in [1.165, 1.54) is 0 Å². The van der Waals surface area contributed by atoms with Crippen molar-refractivity contribution in [3.63, 3.8) is 0 Å². The molecule has 150 valence electrons. The van der Waals surface area contributed by atoms with Crippen LogP contribution in [0.4, 0.5) is 10.6 Å². The number of amides is 2. The second-order valence-electron chi connectivity index (χ2n) is 7.74. The van der Waals surface area contributed by atoms with Crippen molar-refractivity contribution in [1.29, 1.82) is 0 Å². The molecule has 0 radical (unpaired) electrons. The number of nitrogens with zero attached hydrogens (tertiary/aromatic N) is 2. The molecule has 4 N–H and O–H groups in total. The van der Waals surface area contributed by atoms with Gasteiger partial charge in [-0.1, -0.05) is 30.3 Å². The average molecular weight is 391 g/mol. The van der Waals surface area contributed by atoms with Gasteiger partial charge in [0.15, 0.2) is 5.82 Å². The smallest absolute Gasteiger partial charge is 0.320 e. The lowest BCUT2D eigenvalue weighted by Crippen LogP contribution is -2.35. The van der Waals surface area contributed by atoms with Gasteiger partial charge in [-0.25, -0.2) is 9.48 Å². The van der Waals surface area contributed by atoms with E-state index in [-0.39, 0.29) is 12.1 Å². The molecule has 1 aliphatic rings. The lowest BCUT2D eigenvalue weighted by Gasteiger charge is -2.26. The molecular formula is C22H25N5O2. The second kappa shape index (κ2) is 7.60. The highest BCUT2D eigenvalue weighted by atomic mass is 16.5. The zero-order chi connectivity index (χ0) is 20.4. The number of rotatable bonds is 4. The summed E-state index contributed by atoms with van der Waals surface area (Å²) in [7, 11) is 0. The molecular weight excluding hydrogens is 366 g/mol. The van der Waals surface area contributed by atoms with Crippen molar-refractivity contribution in [2.75, 3.05) is 11.9 Å². The lowest BCUT2D eigenvalue weighted by molar-refractivity contribution is 0.232. The Labute approximate surface area is 169 Å². The normalized spacial score (nSPS) is 15.9. The number of nitrogens with one attached hydrogen (secondary N) is 2. The first-order chi connectivity index (χ1) is 13.9. The number of carbonyl (C=O) groups is 1. The molecule has 0 unspecified atom stereocenters. The molecule has 0 saturated heterocycles. The maximum Gasteiger partial charge on any atom is 0.320 e. The fourth-order valence-corrected chi connectivity index (χ4v) is 3.38. The predicted octanol–water partition coefficient (Wildman–Crippen LogP) is 3.71. The van der Waals surface area contributed by atoms with Crippen LogP contribution in [0.15, 0.2) is 60.8 Å². The SMILES string of the molecule is CC(C)(N)c1ccc(-n2ccc(NC(=O)N[C@H]3CCOc4ccccc43)n2)cc1. The van der Waals surface area contributed by atoms with Crippen LogP contribution in [0.2, 0.25) is 0 Å². The molecule has 0 spiro atoms. The summed E-state index contributed by atoms with van der Waals surface area (Å²) in [4.78, 5) is 12.5. The van der Waals surface area contributed by atoms with Gasteiger partial charge in [-0.05, 0) is 37.6 Å². The van der Waals surface area contributed by atoms with Crippen molar-refractivity contribution in [2.24, 2.45) is 5.73 Å². The predicted molar refractivity (Wildman–Crippen MR) is 112 cm³/mol. The monoisotopic (exact) mass is 391 g/mol. The summed E-state index contributed by atoms with van der Waals surface area (Å²) in [6.07, 6.45) is 2.53. The Kier molecular flexibility index (Phi) is 4.98. The minimum absolute atomic E-state index is 0.0887. The molecule has 2 aromatic carbocycles. The van der Waals surface area contributed by atoms with Crippen LogP contribution >= 0.6 is 0 Å². The molecule has 1 aromatic heterocycles. The van der Waals surface area contributed by atoms with Crippen LogP contribution in [0.25, 0.3) is 5.69 Å². The highest BCUT2D eigenvalue weighted by Crippen LogP contribution is 2.31. The van der Waals surface area contributed by atoms with Crippen LogP contribution in [-0.2, 0) is 5.54 Å². The van der Waals surface area contributed by atoms with E-state index >= 15 is 0 Å². The minimum Gasteiger partial charge on any atom is -0.493 e. The standard InChI is InChI=1S/C22H25N5O2/c1-22(2,23)15-7-9-16(10-8-15)27-13-11-20(26-27)25-21(28)24-18-12-14-29-19-6-4-3-5-17(18)19/h3-11,13,18H,12,14,23H2,1-2H3,(H2,24,25,26,28)/t18-/m0/s1. The number of aromatic nitrogens is 2. The van der Waals surface area contributed by atoms with Crippen LogP contribution in [0.5, 0.6) is 5.75 Å². The quantitative estimate of drug-likeness (QED) is 0.632. The number of urea groups is 1. The molecule has 0 bridgehead atoms. The van der Waals surface area contributed by atoms with Crippen molar-refractivity contribution in [3.8, 4) is 11.4 Å². The Morgan fingerprint density at radius 2 is 1.93 bits per heavy atom. The van der Waals surface area contributed by atoms with Crippen LogP contribution in [-0.4, -0.2) is 22.4 Å². The molecule has 0 fully saturated rings. The van der Waals surface area contributed by atoms with E-state index in [4.69, 9.17) is 10.5 Å². The van der Waals surface area contributed by atoms with Gasteiger partial charge in [-0.2, -0.15) is 0 Å². The van der Waals surface area contributed by atoms with Crippen molar-refractivity contribution in [2.45, 2.75) is 31.8 Å². The maximum absolute atomic E-state index is 12.5. The number of benzene rings is 2. The van der Waals surface area contributed by atoms with Crippen LogP contribution in [0, 0.1) is 0 Å². The number of ether oxygens (including phenoxy) is 1. The number of anilines is 1. The van der Waals surface area contributed by atoms with Gasteiger partial charge in [0, 0.05) is 29.8 Å². The first-order valence-corrected chi connectivity index (χ1v) is 9.65. The van der Waals surface area contributed by atoms with Crippen molar-refractivity contribution < 1.29 is 9.53 Å². The zero-order valence-corrected chi connectivity index (χ0v) is 16.6. The van der Waals surface area contributed by atoms with Gasteiger partial charge >= 0.3 is 6.03 Å². The second-order valence-corrected chi connectivity index (χ2v) is 7.74. The molecule has 4 rings (SSSR count). The Morgan fingerprint density at radius 1 is 1.17 bits per heavy atom. The van der Waals surface area contributed by atoms with Gasteiger partial charge < -0.3 is 15.8 Å². The largest absolute Gasteiger partial charge is 0.493 e. The first kappa shape index (κ1) is 19.0. The van der Waals surface area contributed by atoms with Gasteiger partial charge in [0.2, 0.25) is 0 Å². The summed E-state index contributed by atoms with van der Waals surface area (Å²) in [5.74, 6) is 1.29. The van der Waals surface area contributed by atoms with E-state index in [2.05, 4.69) is 15.7 Å². The number of carbonyl (C=O) groups excluding carboxylic acids is 1. The van der Waals surface area contributed by atoms with E-state index in [1.807, 2.05) is 68.6 Å². The zero-order valence-electron chi connectivity index (χ0n) is 16.6. The molecule has 7 heteroatoms. The van der Waals surface area contributed by atoms with Crippen LogP contribution in [0.3, 0.4) is 0 Å². The topological polar surface area (TPSA) is 94.2 Å². The third-order valence-electron chi connectivity index (χ3n) is 4.97. The number of para-hydroxylation sites is 1. The van der Waals surface area contributed by atoms with Gasteiger partial charge in [0.25, 0.3) is 0 Å². The number of nitrogens with two attached hydrogens (primary N) is 1. The van der Waals surface area contributed by atoms with E-state index < -0.39 is 5.54 Å². The molecule has 0 aliphatic carbocycles. The Morgan fingerprint density at radius 3 is 2.69 bits per heavy atom. The van der Waals surface area contributed by atoms with Gasteiger partial charge in [-0.3, -0.25) is 5.32 Å². The summed E-state index contributed by atoms with van der Waals surface area (Å²) in [5, 5.41) is 10.2. The minimum atomic E-state index is -0.393. The molecule has 7 nitrogen and oxygen atoms in total. The van der Waals surface area contributed by atoms with Crippen molar-refractivity contribution in [1.82, 2.24) is 15.1 Å². The van der Waals surface area contributed by atoms with Gasteiger partial charge in [0.1, 0.15) is 5.75 Å². The molecule has 2 heterocycles. The fourth-order valence-electron chi connectivity index (χ4n) is 3.38. The highest BCUT2D eigenvalue weighted by Gasteiger charge is 2.22. The fraction of sp³-hybridized carbons (Fsp3) is 0.273. The van der Waals surface area contributed by atoms with Gasteiger partial charge in [0.05, 0.1) is 18.3 Å². The lowest BCUT2D eigenvalue weighted by atomic mass is 9.96. The van der Waals surface area contributed by atoms with Crippen molar-refractivity contribution in [3.05, 3.63) is 71.9 Å². The summed E-state index contributed by atoms with van der Waals surface area (Å²) >= 11 is 0. The molecule has 1 atom stereocenters. The average Bonchev–Trinajstić information content (AvgIpc) is 3.16. The number of hydrogen-bond donors (Lipinski definition) is 3. The maximum atomic E-state index is 12.5. The summed E-state index contributed by atoms with van der Waals surface area (Å²) < 4.78 is 7.35. The van der Waals surface area contributed by atoms with E-state index in [0.29, 0.717) is 12.4 Å². The summed E-state index contributed by atoms with van der Waals surface area (Å²) in [6, 6.07) is 17.0. The van der Waals surface area contributed by atoms with Crippen molar-refractivity contribution >= 4 is 11.8 Å². The molecule has 1 aliphatic heterocycles. The number of fused-ring (bicyclic) bond motifs is 1. The summed E-state index contributed by atoms with van der Waals surface area (Å²) in [6.45, 7) is 4.51. The third-order valence-corrected chi connectivity index (χ3v) is 4.97. The van der Waals surface area contributed by atoms with E-state index in [0.717, 1.165) is 29.0 Å². The van der Waals surface area contributed by atoms with E-state index in [1.54, 1.807) is 10.7 Å². The van der Waals surface area contributed by atoms with Crippen LogP contribution in [0.1, 0.15) is 37.4 Å². The number of hydrogen-bond acceptors (Lipinski definition) is 4. The Bertz CT molecular complexity index is 1000. The van der Waals surface area contributed by atoms with Gasteiger partial charge in [-0.15, -0.1) is 5.10 Å². The Balaban J connectivity index is 1.41. The van der Waals surface area contributed by atoms with Crippen LogP contribution < -0.4 is 21.1 Å². The first-order valence-electron chi connectivity index (χ1n) is 9.65. The molecule has 3 aromatic rings. The molecule has 29 heavy (non-hydrogen) atoms.